The highest BCUT2D eigenvalue weighted by Gasteiger charge is 2.29. The maximum absolute atomic E-state index is 12.1. The van der Waals surface area contributed by atoms with E-state index in [1.165, 1.54) is 6.42 Å². The number of nitrogens with two attached hydrogens (primary N) is 1. The summed E-state index contributed by atoms with van der Waals surface area (Å²) in [4.78, 5) is 13.7. The summed E-state index contributed by atoms with van der Waals surface area (Å²) in [5.74, 6) is 0.0431. The van der Waals surface area contributed by atoms with Crippen molar-refractivity contribution in [3.05, 3.63) is 0 Å². The maximum atomic E-state index is 12.1. The molecule has 0 radical (unpaired) electrons. The SMILES string of the molecule is CC(O)CN(C)C(=O)C1CCCCCC1N. The van der Waals surface area contributed by atoms with Gasteiger partial charge in [0.15, 0.2) is 0 Å². The lowest BCUT2D eigenvalue weighted by Crippen LogP contribution is -2.44. The molecular formula is C12H24N2O2. The molecule has 3 atom stereocenters. The van der Waals surface area contributed by atoms with Crippen LogP contribution in [0.25, 0.3) is 0 Å². The quantitative estimate of drug-likeness (QED) is 0.700. The molecule has 0 bridgehead atoms. The first-order chi connectivity index (χ1) is 7.52. The van der Waals surface area contributed by atoms with E-state index >= 15 is 0 Å². The number of likely N-dealkylation sites (N-methyl/N-ethyl adjacent to an activating group) is 1. The maximum Gasteiger partial charge on any atom is 0.227 e. The van der Waals surface area contributed by atoms with Crippen molar-refractivity contribution < 1.29 is 9.90 Å². The number of amides is 1. The minimum Gasteiger partial charge on any atom is -0.392 e. The summed E-state index contributed by atoms with van der Waals surface area (Å²) in [6, 6.07) is -0.00792. The molecule has 0 aromatic rings. The van der Waals surface area contributed by atoms with Crippen molar-refractivity contribution in [3.8, 4) is 0 Å². The van der Waals surface area contributed by atoms with Crippen LogP contribution < -0.4 is 5.73 Å². The van der Waals surface area contributed by atoms with E-state index in [2.05, 4.69) is 0 Å². The third-order valence-electron chi connectivity index (χ3n) is 3.30. The summed E-state index contributed by atoms with van der Waals surface area (Å²) in [5, 5.41) is 9.27. The summed E-state index contributed by atoms with van der Waals surface area (Å²) >= 11 is 0. The standard InChI is InChI=1S/C12H24N2O2/c1-9(15)8-14(2)12(16)10-6-4-3-5-7-11(10)13/h9-11,15H,3-8,13H2,1-2H3. The Morgan fingerprint density at radius 1 is 1.44 bits per heavy atom. The van der Waals surface area contributed by atoms with Gasteiger partial charge in [-0.2, -0.15) is 0 Å². The highest BCUT2D eigenvalue weighted by atomic mass is 16.3. The monoisotopic (exact) mass is 228 g/mol. The van der Waals surface area contributed by atoms with Crippen LogP contribution in [0.2, 0.25) is 0 Å². The van der Waals surface area contributed by atoms with Gasteiger partial charge in [-0.25, -0.2) is 0 Å². The fraction of sp³-hybridized carbons (Fsp3) is 0.917. The highest BCUT2D eigenvalue weighted by Crippen LogP contribution is 2.23. The fourth-order valence-electron chi connectivity index (χ4n) is 2.41. The molecular weight excluding hydrogens is 204 g/mol. The van der Waals surface area contributed by atoms with E-state index in [4.69, 9.17) is 5.73 Å². The molecule has 4 nitrogen and oxygen atoms in total. The number of carbonyl (C=O) groups excluding carboxylic acids is 1. The third kappa shape index (κ3) is 3.76. The lowest BCUT2D eigenvalue weighted by molar-refractivity contribution is -0.136. The Balaban J connectivity index is 2.56. The normalized spacial score (nSPS) is 28.2. The second-order valence-electron chi connectivity index (χ2n) is 4.98. The van der Waals surface area contributed by atoms with Crippen LogP contribution in [0.4, 0.5) is 0 Å². The summed E-state index contributed by atoms with van der Waals surface area (Å²) in [6.07, 6.45) is 4.76. The van der Waals surface area contributed by atoms with Gasteiger partial charge in [0, 0.05) is 19.6 Å². The number of aliphatic hydroxyl groups is 1. The van der Waals surface area contributed by atoms with Crippen molar-refractivity contribution in [3.63, 3.8) is 0 Å². The lowest BCUT2D eigenvalue weighted by atomic mass is 9.94. The van der Waals surface area contributed by atoms with Gasteiger partial charge in [0.1, 0.15) is 0 Å². The van der Waals surface area contributed by atoms with E-state index in [-0.39, 0.29) is 17.9 Å². The zero-order valence-corrected chi connectivity index (χ0v) is 10.4. The number of aliphatic hydroxyl groups excluding tert-OH is 1. The van der Waals surface area contributed by atoms with E-state index in [1.54, 1.807) is 18.9 Å². The number of hydrogen-bond acceptors (Lipinski definition) is 3. The van der Waals surface area contributed by atoms with E-state index in [1.807, 2.05) is 0 Å². The Morgan fingerprint density at radius 3 is 2.69 bits per heavy atom. The first kappa shape index (κ1) is 13.5. The van der Waals surface area contributed by atoms with Crippen LogP contribution in [-0.2, 0) is 4.79 Å². The number of rotatable bonds is 3. The van der Waals surface area contributed by atoms with E-state index in [9.17, 15) is 9.90 Å². The first-order valence-corrected chi connectivity index (χ1v) is 6.21. The number of hydrogen-bond donors (Lipinski definition) is 2. The molecule has 94 valence electrons. The molecule has 0 aromatic carbocycles. The third-order valence-corrected chi connectivity index (χ3v) is 3.30. The van der Waals surface area contributed by atoms with Crippen molar-refractivity contribution in [1.29, 1.82) is 0 Å². The minimum atomic E-state index is -0.476. The topological polar surface area (TPSA) is 66.6 Å². The molecule has 1 aliphatic carbocycles. The number of nitrogens with zero attached hydrogens (tertiary/aromatic N) is 1. The van der Waals surface area contributed by atoms with Gasteiger partial charge >= 0.3 is 0 Å². The van der Waals surface area contributed by atoms with Crippen molar-refractivity contribution in [1.82, 2.24) is 4.90 Å². The second-order valence-corrected chi connectivity index (χ2v) is 4.98. The average Bonchev–Trinajstić information content (AvgIpc) is 2.40. The van der Waals surface area contributed by atoms with Crippen LogP contribution in [0.3, 0.4) is 0 Å². The molecule has 3 N–H and O–H groups in total. The van der Waals surface area contributed by atoms with E-state index < -0.39 is 6.10 Å². The van der Waals surface area contributed by atoms with Crippen molar-refractivity contribution in [2.75, 3.05) is 13.6 Å². The van der Waals surface area contributed by atoms with Crippen LogP contribution in [0, 0.1) is 5.92 Å². The zero-order valence-electron chi connectivity index (χ0n) is 10.4. The lowest BCUT2D eigenvalue weighted by Gasteiger charge is -2.27. The first-order valence-electron chi connectivity index (χ1n) is 6.21. The molecule has 1 rings (SSSR count). The zero-order chi connectivity index (χ0) is 12.1. The summed E-state index contributed by atoms with van der Waals surface area (Å²) in [6.45, 7) is 2.08. The molecule has 0 aromatic heterocycles. The second kappa shape index (κ2) is 6.21. The van der Waals surface area contributed by atoms with Crippen LogP contribution in [0.1, 0.15) is 39.0 Å². The van der Waals surface area contributed by atoms with Crippen LogP contribution in [-0.4, -0.2) is 41.7 Å². The molecule has 3 unspecified atom stereocenters. The van der Waals surface area contributed by atoms with Gasteiger partial charge in [-0.1, -0.05) is 19.3 Å². The summed E-state index contributed by atoms with van der Waals surface area (Å²) in [7, 11) is 1.74. The predicted molar refractivity (Wildman–Crippen MR) is 63.9 cm³/mol. The molecule has 4 heteroatoms. The Hall–Kier alpha value is -0.610. The molecule has 1 aliphatic rings. The molecule has 1 saturated carbocycles. The van der Waals surface area contributed by atoms with Gasteiger partial charge in [-0.3, -0.25) is 4.79 Å². The van der Waals surface area contributed by atoms with E-state index in [0.29, 0.717) is 6.54 Å². The fourth-order valence-corrected chi connectivity index (χ4v) is 2.41. The van der Waals surface area contributed by atoms with Crippen LogP contribution in [0.5, 0.6) is 0 Å². The Morgan fingerprint density at radius 2 is 2.06 bits per heavy atom. The van der Waals surface area contributed by atoms with Crippen molar-refractivity contribution in [2.45, 2.75) is 51.2 Å². The molecule has 0 aliphatic heterocycles. The molecule has 1 amide bonds. The van der Waals surface area contributed by atoms with E-state index in [0.717, 1.165) is 25.7 Å². The smallest absolute Gasteiger partial charge is 0.227 e. The molecule has 1 fully saturated rings. The van der Waals surface area contributed by atoms with Gasteiger partial charge in [0.05, 0.1) is 12.0 Å². The molecule has 0 heterocycles. The van der Waals surface area contributed by atoms with Gasteiger partial charge in [0.25, 0.3) is 0 Å². The Kier molecular flexibility index (Phi) is 5.22. The van der Waals surface area contributed by atoms with Gasteiger partial charge < -0.3 is 15.7 Å². The van der Waals surface area contributed by atoms with Crippen LogP contribution in [0.15, 0.2) is 0 Å². The van der Waals surface area contributed by atoms with Crippen molar-refractivity contribution in [2.24, 2.45) is 11.7 Å². The van der Waals surface area contributed by atoms with Gasteiger partial charge in [-0.05, 0) is 19.8 Å². The summed E-state index contributed by atoms with van der Waals surface area (Å²) < 4.78 is 0. The predicted octanol–water partition coefficient (Wildman–Crippen LogP) is 0.733. The molecule has 0 saturated heterocycles. The summed E-state index contributed by atoms with van der Waals surface area (Å²) in [5.41, 5.74) is 6.04. The van der Waals surface area contributed by atoms with Gasteiger partial charge in [0.2, 0.25) is 5.91 Å². The Bertz CT molecular complexity index is 231. The highest BCUT2D eigenvalue weighted by molar-refractivity contribution is 5.79. The van der Waals surface area contributed by atoms with Gasteiger partial charge in [-0.15, -0.1) is 0 Å². The van der Waals surface area contributed by atoms with Crippen LogP contribution >= 0.6 is 0 Å². The largest absolute Gasteiger partial charge is 0.392 e. The van der Waals surface area contributed by atoms with Crippen molar-refractivity contribution >= 4 is 5.91 Å². The minimum absolute atomic E-state index is 0.00792. The molecule has 0 spiro atoms. The average molecular weight is 228 g/mol. The molecule has 16 heavy (non-hydrogen) atoms. The number of carbonyl (C=O) groups is 1. The Labute approximate surface area is 97.8 Å².